The number of ether oxygens (including phenoxy) is 1. The number of fused-ring (bicyclic) bond motifs is 2. The van der Waals surface area contributed by atoms with E-state index in [0.29, 0.717) is 12.5 Å². The molecule has 136 valence electrons. The highest BCUT2D eigenvalue weighted by Gasteiger charge is 2.64. The SMILES string of the molecule is CC(CO/N=C1/c2ccccc2OC2(c3ccccc3)CC12)CN(C)C. The third-order valence-electron chi connectivity index (χ3n) is 5.16. The van der Waals surface area contributed by atoms with Crippen molar-refractivity contribution in [2.75, 3.05) is 27.2 Å². The minimum Gasteiger partial charge on any atom is -0.481 e. The maximum absolute atomic E-state index is 6.45. The van der Waals surface area contributed by atoms with Crippen LogP contribution in [-0.4, -0.2) is 37.9 Å². The van der Waals surface area contributed by atoms with Crippen molar-refractivity contribution in [3.05, 3.63) is 65.7 Å². The molecule has 0 aromatic heterocycles. The monoisotopic (exact) mass is 350 g/mol. The summed E-state index contributed by atoms with van der Waals surface area (Å²) < 4.78 is 6.45. The van der Waals surface area contributed by atoms with E-state index in [-0.39, 0.29) is 11.5 Å². The van der Waals surface area contributed by atoms with Gasteiger partial charge in [-0.1, -0.05) is 54.5 Å². The molecule has 4 heteroatoms. The van der Waals surface area contributed by atoms with Crippen LogP contribution in [0.2, 0.25) is 0 Å². The number of rotatable bonds is 6. The Morgan fingerprint density at radius 2 is 1.88 bits per heavy atom. The zero-order chi connectivity index (χ0) is 18.1. The number of benzene rings is 2. The minimum atomic E-state index is -0.285. The summed E-state index contributed by atoms with van der Waals surface area (Å²) in [6.45, 7) is 3.79. The molecule has 1 aliphatic heterocycles. The van der Waals surface area contributed by atoms with Crippen molar-refractivity contribution in [1.29, 1.82) is 0 Å². The predicted octanol–water partition coefficient (Wildman–Crippen LogP) is 3.91. The largest absolute Gasteiger partial charge is 0.481 e. The first-order chi connectivity index (χ1) is 12.6. The van der Waals surface area contributed by atoms with Crippen LogP contribution in [0.25, 0.3) is 0 Å². The Morgan fingerprint density at radius 3 is 2.65 bits per heavy atom. The Labute approximate surface area is 155 Å². The maximum Gasteiger partial charge on any atom is 0.143 e. The second kappa shape index (κ2) is 6.76. The van der Waals surface area contributed by atoms with E-state index in [1.807, 2.05) is 24.3 Å². The summed E-state index contributed by atoms with van der Waals surface area (Å²) in [6.07, 6.45) is 0.946. The fourth-order valence-electron chi connectivity index (χ4n) is 3.95. The molecule has 3 atom stereocenters. The smallest absolute Gasteiger partial charge is 0.143 e. The topological polar surface area (TPSA) is 34.1 Å². The highest BCUT2D eigenvalue weighted by Crippen LogP contribution is 2.60. The van der Waals surface area contributed by atoms with Crippen LogP contribution in [0.4, 0.5) is 0 Å². The second-order valence-corrected chi connectivity index (χ2v) is 7.75. The van der Waals surface area contributed by atoms with Crippen molar-refractivity contribution in [2.45, 2.75) is 18.9 Å². The van der Waals surface area contributed by atoms with E-state index in [9.17, 15) is 0 Å². The molecule has 2 aromatic carbocycles. The molecule has 0 saturated heterocycles. The standard InChI is InChI=1S/C22H26N2O2/c1-16(14-24(2)3)15-25-23-21-18-11-7-8-12-20(18)26-22(13-19(21)22)17-9-5-4-6-10-17/h4-12,16,19H,13-15H2,1-3H3/b23-21-. The van der Waals surface area contributed by atoms with Crippen LogP contribution < -0.4 is 4.74 Å². The first-order valence-electron chi connectivity index (χ1n) is 9.28. The second-order valence-electron chi connectivity index (χ2n) is 7.75. The van der Waals surface area contributed by atoms with Gasteiger partial charge in [-0.2, -0.15) is 0 Å². The zero-order valence-corrected chi connectivity index (χ0v) is 15.7. The number of hydrogen-bond donors (Lipinski definition) is 0. The Balaban J connectivity index is 1.59. The molecule has 2 aromatic rings. The van der Waals surface area contributed by atoms with Crippen molar-refractivity contribution >= 4 is 5.71 Å². The summed E-state index contributed by atoms with van der Waals surface area (Å²) >= 11 is 0. The van der Waals surface area contributed by atoms with Crippen molar-refractivity contribution in [3.63, 3.8) is 0 Å². The van der Waals surface area contributed by atoms with Gasteiger partial charge in [0.2, 0.25) is 0 Å². The fraction of sp³-hybridized carbons (Fsp3) is 0.409. The van der Waals surface area contributed by atoms with Crippen LogP contribution in [0.15, 0.2) is 59.8 Å². The summed E-state index contributed by atoms with van der Waals surface area (Å²) in [5, 5.41) is 4.58. The number of oxime groups is 1. The third-order valence-corrected chi connectivity index (χ3v) is 5.16. The quantitative estimate of drug-likeness (QED) is 0.741. The van der Waals surface area contributed by atoms with Gasteiger partial charge in [-0.15, -0.1) is 0 Å². The molecule has 4 rings (SSSR count). The highest BCUT2D eigenvalue weighted by atomic mass is 16.6. The van der Waals surface area contributed by atoms with Gasteiger partial charge in [0, 0.05) is 24.4 Å². The Kier molecular flexibility index (Phi) is 4.45. The fourth-order valence-corrected chi connectivity index (χ4v) is 3.95. The van der Waals surface area contributed by atoms with E-state index >= 15 is 0 Å². The molecule has 1 fully saturated rings. The predicted molar refractivity (Wildman–Crippen MR) is 104 cm³/mol. The van der Waals surface area contributed by atoms with Gasteiger partial charge < -0.3 is 14.5 Å². The van der Waals surface area contributed by atoms with Gasteiger partial charge >= 0.3 is 0 Å². The van der Waals surface area contributed by atoms with Gasteiger partial charge in [0.1, 0.15) is 18.0 Å². The molecule has 0 radical (unpaired) electrons. The molecular weight excluding hydrogens is 324 g/mol. The van der Waals surface area contributed by atoms with Gasteiger partial charge in [0.25, 0.3) is 0 Å². The van der Waals surface area contributed by atoms with Crippen LogP contribution in [0.5, 0.6) is 5.75 Å². The van der Waals surface area contributed by atoms with Crippen molar-refractivity contribution < 1.29 is 9.57 Å². The van der Waals surface area contributed by atoms with Crippen LogP contribution in [0.3, 0.4) is 0 Å². The van der Waals surface area contributed by atoms with Gasteiger partial charge in [-0.25, -0.2) is 0 Å². The van der Waals surface area contributed by atoms with Crippen LogP contribution in [-0.2, 0) is 10.4 Å². The van der Waals surface area contributed by atoms with Crippen LogP contribution >= 0.6 is 0 Å². The maximum atomic E-state index is 6.45. The molecule has 1 heterocycles. The molecule has 26 heavy (non-hydrogen) atoms. The Hall–Kier alpha value is -2.33. The number of hydrogen-bond acceptors (Lipinski definition) is 4. The van der Waals surface area contributed by atoms with Crippen molar-refractivity contribution in [1.82, 2.24) is 4.90 Å². The van der Waals surface area contributed by atoms with Gasteiger partial charge in [0.15, 0.2) is 0 Å². The summed E-state index contributed by atoms with van der Waals surface area (Å²) in [5.74, 6) is 1.58. The molecule has 2 aliphatic rings. The first-order valence-corrected chi connectivity index (χ1v) is 9.28. The highest BCUT2D eigenvalue weighted by molar-refractivity contribution is 6.08. The van der Waals surface area contributed by atoms with Crippen molar-refractivity contribution in [3.8, 4) is 5.75 Å². The van der Waals surface area contributed by atoms with Crippen LogP contribution in [0, 0.1) is 11.8 Å². The van der Waals surface area contributed by atoms with E-state index < -0.39 is 0 Å². The molecule has 0 spiro atoms. The normalized spacial score (nSPS) is 26.0. The lowest BCUT2D eigenvalue weighted by Gasteiger charge is -2.27. The lowest BCUT2D eigenvalue weighted by molar-refractivity contribution is 0.0991. The molecule has 0 amide bonds. The third kappa shape index (κ3) is 3.10. The zero-order valence-electron chi connectivity index (χ0n) is 15.7. The summed E-state index contributed by atoms with van der Waals surface area (Å²) in [5.41, 5.74) is 3.01. The average molecular weight is 350 g/mol. The van der Waals surface area contributed by atoms with Gasteiger partial charge in [-0.05, 0) is 31.8 Å². The molecule has 0 N–H and O–H groups in total. The number of para-hydroxylation sites is 1. The molecule has 1 saturated carbocycles. The molecule has 3 unspecified atom stereocenters. The first kappa shape index (κ1) is 17.1. The van der Waals surface area contributed by atoms with Gasteiger partial charge in [0.05, 0.1) is 11.6 Å². The summed E-state index contributed by atoms with van der Waals surface area (Å²) in [4.78, 5) is 7.95. The van der Waals surface area contributed by atoms with Crippen molar-refractivity contribution in [2.24, 2.45) is 17.0 Å². The Bertz CT molecular complexity index is 803. The lowest BCUT2D eigenvalue weighted by Crippen LogP contribution is -2.28. The lowest BCUT2D eigenvalue weighted by atomic mass is 9.96. The van der Waals surface area contributed by atoms with E-state index in [1.165, 1.54) is 5.56 Å². The molecular formula is C22H26N2O2. The summed E-state index contributed by atoms with van der Waals surface area (Å²) in [7, 11) is 4.16. The van der Waals surface area contributed by atoms with Crippen LogP contribution in [0.1, 0.15) is 24.5 Å². The number of nitrogens with zero attached hydrogens (tertiary/aromatic N) is 2. The average Bonchev–Trinajstić information content (AvgIpc) is 3.37. The van der Waals surface area contributed by atoms with E-state index in [2.05, 4.69) is 61.4 Å². The van der Waals surface area contributed by atoms with Gasteiger partial charge in [-0.3, -0.25) is 0 Å². The van der Waals surface area contributed by atoms with E-state index in [0.717, 1.165) is 30.0 Å². The summed E-state index contributed by atoms with van der Waals surface area (Å²) in [6, 6.07) is 18.6. The molecule has 1 aliphatic carbocycles. The molecule has 4 nitrogen and oxygen atoms in total. The van der Waals surface area contributed by atoms with E-state index in [4.69, 9.17) is 9.57 Å². The minimum absolute atomic E-state index is 0.254. The molecule has 0 bridgehead atoms. The Morgan fingerprint density at radius 1 is 1.15 bits per heavy atom. The van der Waals surface area contributed by atoms with E-state index in [1.54, 1.807) is 0 Å².